The third kappa shape index (κ3) is 4.03. The summed E-state index contributed by atoms with van der Waals surface area (Å²) in [5.74, 6) is 0. The van der Waals surface area contributed by atoms with Crippen LogP contribution in [0.15, 0.2) is 12.5 Å². The number of ether oxygens (including phenoxy) is 2. The Balaban J connectivity index is 1.50. The van der Waals surface area contributed by atoms with Crippen LogP contribution in [0, 0.1) is 0 Å². The molecule has 1 aromatic heterocycles. The van der Waals surface area contributed by atoms with Crippen LogP contribution in [0.1, 0.15) is 39.3 Å². The Hall–Kier alpha value is -1.60. The number of likely N-dealkylation sites (tertiary alicyclic amines) is 1. The van der Waals surface area contributed by atoms with E-state index >= 15 is 0 Å². The highest BCUT2D eigenvalue weighted by Gasteiger charge is 2.43. The molecule has 2 aliphatic rings. The standard InChI is InChI=1S/C16H26N4O3/c1-15(2,3)23-14(21)20-6-4-16(5-7-20)19-13(10-22-16)8-12-9-17-11-18-12/h9,11,13,19H,4-8,10H2,1-3H3,(H,17,18). The van der Waals surface area contributed by atoms with Crippen LogP contribution in [0.5, 0.6) is 0 Å². The number of hydrogen-bond donors (Lipinski definition) is 2. The van der Waals surface area contributed by atoms with Crippen molar-refractivity contribution in [2.24, 2.45) is 0 Å². The van der Waals surface area contributed by atoms with Gasteiger partial charge in [-0.2, -0.15) is 0 Å². The number of imidazole rings is 1. The molecule has 2 fully saturated rings. The summed E-state index contributed by atoms with van der Waals surface area (Å²) in [5.41, 5.74) is 0.275. The van der Waals surface area contributed by atoms with E-state index in [0.29, 0.717) is 19.7 Å². The SMILES string of the molecule is CC(C)(C)OC(=O)N1CCC2(CC1)NC(Cc1c[nH]cn1)CO2. The van der Waals surface area contributed by atoms with E-state index < -0.39 is 5.60 Å². The predicted octanol–water partition coefficient (Wildman–Crippen LogP) is 1.67. The molecule has 2 saturated heterocycles. The minimum atomic E-state index is -0.455. The van der Waals surface area contributed by atoms with E-state index in [1.54, 1.807) is 11.2 Å². The molecule has 1 atom stereocenters. The number of nitrogens with zero attached hydrogens (tertiary/aromatic N) is 2. The fraction of sp³-hybridized carbons (Fsp3) is 0.750. The van der Waals surface area contributed by atoms with Crippen LogP contribution in [0.2, 0.25) is 0 Å². The minimum absolute atomic E-state index is 0.238. The van der Waals surface area contributed by atoms with Crippen LogP contribution in [-0.4, -0.2) is 58.0 Å². The highest BCUT2D eigenvalue weighted by Crippen LogP contribution is 2.30. The van der Waals surface area contributed by atoms with Crippen LogP contribution in [0.3, 0.4) is 0 Å². The van der Waals surface area contributed by atoms with Crippen molar-refractivity contribution in [3.63, 3.8) is 0 Å². The molecule has 1 spiro atoms. The molecular weight excluding hydrogens is 296 g/mol. The van der Waals surface area contributed by atoms with Crippen molar-refractivity contribution in [3.8, 4) is 0 Å². The summed E-state index contributed by atoms with van der Waals surface area (Å²) in [6.45, 7) is 7.64. The number of aromatic nitrogens is 2. The van der Waals surface area contributed by atoms with Gasteiger partial charge in [-0.05, 0) is 20.8 Å². The van der Waals surface area contributed by atoms with Crippen molar-refractivity contribution in [2.45, 2.75) is 57.4 Å². The third-order valence-electron chi connectivity index (χ3n) is 4.26. The van der Waals surface area contributed by atoms with E-state index in [4.69, 9.17) is 9.47 Å². The lowest BCUT2D eigenvalue weighted by molar-refractivity contribution is -0.0595. The summed E-state index contributed by atoms with van der Waals surface area (Å²) in [6, 6.07) is 0.270. The molecular formula is C16H26N4O3. The number of carbonyl (C=O) groups is 1. The molecule has 128 valence electrons. The number of nitrogens with one attached hydrogen (secondary N) is 2. The van der Waals surface area contributed by atoms with Crippen LogP contribution < -0.4 is 5.32 Å². The summed E-state index contributed by atoms with van der Waals surface area (Å²) in [7, 11) is 0. The second kappa shape index (κ2) is 6.13. The molecule has 1 amide bonds. The van der Waals surface area contributed by atoms with Gasteiger partial charge in [0, 0.05) is 44.6 Å². The monoisotopic (exact) mass is 322 g/mol. The van der Waals surface area contributed by atoms with Gasteiger partial charge >= 0.3 is 6.09 Å². The molecule has 3 rings (SSSR count). The molecule has 1 unspecified atom stereocenters. The van der Waals surface area contributed by atoms with Crippen LogP contribution in [0.25, 0.3) is 0 Å². The average Bonchev–Trinajstić information content (AvgIpc) is 3.09. The van der Waals surface area contributed by atoms with Crippen molar-refractivity contribution < 1.29 is 14.3 Å². The first kappa shape index (κ1) is 16.3. The number of piperidine rings is 1. The zero-order valence-electron chi connectivity index (χ0n) is 14.1. The highest BCUT2D eigenvalue weighted by molar-refractivity contribution is 5.68. The highest BCUT2D eigenvalue weighted by atomic mass is 16.6. The summed E-state index contributed by atoms with van der Waals surface area (Å²) < 4.78 is 11.5. The maximum Gasteiger partial charge on any atom is 0.410 e. The molecule has 0 bridgehead atoms. The van der Waals surface area contributed by atoms with Gasteiger partial charge in [-0.3, -0.25) is 5.32 Å². The quantitative estimate of drug-likeness (QED) is 0.866. The molecule has 3 heterocycles. The van der Waals surface area contributed by atoms with Crippen molar-refractivity contribution in [1.29, 1.82) is 0 Å². The first-order valence-electron chi connectivity index (χ1n) is 8.22. The van der Waals surface area contributed by atoms with Gasteiger partial charge in [0.25, 0.3) is 0 Å². The van der Waals surface area contributed by atoms with Gasteiger partial charge < -0.3 is 19.4 Å². The molecule has 23 heavy (non-hydrogen) atoms. The number of H-pyrrole nitrogens is 1. The number of aromatic amines is 1. The topological polar surface area (TPSA) is 79.5 Å². The van der Waals surface area contributed by atoms with E-state index in [9.17, 15) is 4.79 Å². The minimum Gasteiger partial charge on any atom is -0.444 e. The predicted molar refractivity (Wildman–Crippen MR) is 84.9 cm³/mol. The molecule has 7 nitrogen and oxygen atoms in total. The Morgan fingerprint density at radius 2 is 2.22 bits per heavy atom. The maximum absolute atomic E-state index is 12.1. The molecule has 0 saturated carbocycles. The van der Waals surface area contributed by atoms with Gasteiger partial charge in [-0.25, -0.2) is 9.78 Å². The first-order chi connectivity index (χ1) is 10.9. The van der Waals surface area contributed by atoms with Gasteiger partial charge in [-0.15, -0.1) is 0 Å². The van der Waals surface area contributed by atoms with Crippen LogP contribution in [-0.2, 0) is 15.9 Å². The smallest absolute Gasteiger partial charge is 0.410 e. The summed E-state index contributed by atoms with van der Waals surface area (Å²) in [4.78, 5) is 21.1. The number of hydrogen-bond acceptors (Lipinski definition) is 5. The lowest BCUT2D eigenvalue weighted by Crippen LogP contribution is -2.54. The molecule has 0 aliphatic carbocycles. The lowest BCUT2D eigenvalue weighted by atomic mass is 10.0. The summed E-state index contributed by atoms with van der Waals surface area (Å²) in [6.07, 6.45) is 5.78. The average molecular weight is 322 g/mol. The zero-order chi connectivity index (χ0) is 16.5. The third-order valence-corrected chi connectivity index (χ3v) is 4.26. The maximum atomic E-state index is 12.1. The lowest BCUT2D eigenvalue weighted by Gasteiger charge is -2.39. The fourth-order valence-corrected chi connectivity index (χ4v) is 3.15. The van der Waals surface area contributed by atoms with Crippen LogP contribution in [0.4, 0.5) is 4.79 Å². The molecule has 2 aliphatic heterocycles. The van der Waals surface area contributed by atoms with Crippen molar-refractivity contribution in [2.75, 3.05) is 19.7 Å². The normalized spacial score (nSPS) is 24.1. The van der Waals surface area contributed by atoms with Gasteiger partial charge in [0.05, 0.1) is 18.6 Å². The van der Waals surface area contributed by atoms with Crippen molar-refractivity contribution in [1.82, 2.24) is 20.2 Å². The largest absolute Gasteiger partial charge is 0.444 e. The fourth-order valence-electron chi connectivity index (χ4n) is 3.15. The van der Waals surface area contributed by atoms with E-state index in [0.717, 1.165) is 25.0 Å². The molecule has 0 aromatic carbocycles. The van der Waals surface area contributed by atoms with E-state index in [1.807, 2.05) is 27.0 Å². The summed E-state index contributed by atoms with van der Waals surface area (Å²) in [5, 5.41) is 3.60. The van der Waals surface area contributed by atoms with Crippen molar-refractivity contribution in [3.05, 3.63) is 18.2 Å². The Kier molecular flexibility index (Phi) is 4.33. The molecule has 1 aromatic rings. The number of amides is 1. The number of rotatable bonds is 2. The van der Waals surface area contributed by atoms with Crippen molar-refractivity contribution >= 4 is 6.09 Å². The van der Waals surface area contributed by atoms with Gasteiger partial charge in [0.1, 0.15) is 11.3 Å². The zero-order valence-corrected chi connectivity index (χ0v) is 14.1. The second-order valence-electron chi connectivity index (χ2n) is 7.38. The molecule has 0 radical (unpaired) electrons. The Morgan fingerprint density at radius 1 is 1.48 bits per heavy atom. The van der Waals surface area contributed by atoms with E-state index in [1.165, 1.54) is 0 Å². The number of carbonyl (C=O) groups excluding carboxylic acids is 1. The molecule has 7 heteroatoms. The molecule has 2 N–H and O–H groups in total. The Labute approximate surface area is 136 Å². The van der Waals surface area contributed by atoms with Crippen LogP contribution >= 0.6 is 0 Å². The van der Waals surface area contributed by atoms with E-state index in [2.05, 4.69) is 15.3 Å². The Morgan fingerprint density at radius 3 is 2.83 bits per heavy atom. The second-order valence-corrected chi connectivity index (χ2v) is 7.38. The Bertz CT molecular complexity index is 530. The summed E-state index contributed by atoms with van der Waals surface area (Å²) >= 11 is 0. The first-order valence-corrected chi connectivity index (χ1v) is 8.22. The van der Waals surface area contributed by atoms with Gasteiger partial charge in [0.2, 0.25) is 0 Å². The van der Waals surface area contributed by atoms with Gasteiger partial charge in [-0.1, -0.05) is 0 Å². The van der Waals surface area contributed by atoms with E-state index in [-0.39, 0.29) is 17.9 Å². The van der Waals surface area contributed by atoms with Gasteiger partial charge in [0.15, 0.2) is 0 Å².